The Morgan fingerprint density at radius 1 is 1.05 bits per heavy atom. The van der Waals surface area contributed by atoms with Crippen molar-refractivity contribution in [1.82, 2.24) is 9.55 Å². The molecular weight excluding hydrogens is 266 g/mol. The monoisotopic (exact) mass is 277 g/mol. The van der Waals surface area contributed by atoms with Crippen LogP contribution in [0, 0.1) is 34.0 Å². The zero-order valence-electron chi connectivity index (χ0n) is 11.2. The van der Waals surface area contributed by atoms with E-state index in [0.29, 0.717) is 30.9 Å². The lowest BCUT2D eigenvalue weighted by molar-refractivity contribution is 0.301. The van der Waals surface area contributed by atoms with E-state index in [-0.39, 0.29) is 11.4 Å². The van der Waals surface area contributed by atoms with Crippen LogP contribution in [0.25, 0.3) is 0 Å². The summed E-state index contributed by atoms with van der Waals surface area (Å²) in [5.74, 6) is 0.692. The molecule has 1 aromatic carbocycles. The Morgan fingerprint density at radius 3 is 2.43 bits per heavy atom. The second-order valence-corrected chi connectivity index (χ2v) is 4.20. The molecule has 2 aromatic rings. The molecule has 1 aromatic heterocycles. The first kappa shape index (κ1) is 14.1. The molecule has 0 saturated heterocycles. The number of aromatic nitrogens is 2. The molecule has 0 bridgehead atoms. The zero-order valence-corrected chi connectivity index (χ0v) is 11.2. The average molecular weight is 277 g/mol. The molecule has 0 aliphatic rings. The number of benzene rings is 1. The molecule has 0 spiro atoms. The van der Waals surface area contributed by atoms with E-state index in [0.717, 1.165) is 0 Å². The summed E-state index contributed by atoms with van der Waals surface area (Å²) >= 11 is 0. The first-order chi connectivity index (χ1) is 10.3. The Bertz CT molecular complexity index is 740. The lowest BCUT2D eigenvalue weighted by Gasteiger charge is -2.07. The fourth-order valence-electron chi connectivity index (χ4n) is 1.80. The third kappa shape index (κ3) is 3.37. The number of aryl methyl sites for hydroxylation is 1. The SMILES string of the molecule is N#Cc1ccc(OCCCn2cnc(C#N)c2C#N)cc1. The van der Waals surface area contributed by atoms with Gasteiger partial charge in [-0.3, -0.25) is 0 Å². The summed E-state index contributed by atoms with van der Waals surface area (Å²) in [4.78, 5) is 3.87. The van der Waals surface area contributed by atoms with Crippen LogP contribution in [0.1, 0.15) is 23.4 Å². The van der Waals surface area contributed by atoms with Gasteiger partial charge in [0.05, 0.1) is 24.6 Å². The Morgan fingerprint density at radius 2 is 1.81 bits per heavy atom. The van der Waals surface area contributed by atoms with Gasteiger partial charge in [-0.1, -0.05) is 0 Å². The summed E-state index contributed by atoms with van der Waals surface area (Å²) < 4.78 is 7.18. The number of nitrogens with zero attached hydrogens (tertiary/aromatic N) is 5. The molecule has 0 fully saturated rings. The minimum absolute atomic E-state index is 0.144. The van der Waals surface area contributed by atoms with E-state index in [1.54, 1.807) is 28.8 Å². The van der Waals surface area contributed by atoms with Crippen molar-refractivity contribution in [2.75, 3.05) is 6.61 Å². The molecule has 21 heavy (non-hydrogen) atoms. The van der Waals surface area contributed by atoms with E-state index in [2.05, 4.69) is 4.98 Å². The van der Waals surface area contributed by atoms with Crippen LogP contribution in [0.5, 0.6) is 5.75 Å². The molecule has 102 valence electrons. The Labute approximate surface area is 122 Å². The minimum atomic E-state index is 0.144. The van der Waals surface area contributed by atoms with Crippen molar-refractivity contribution in [1.29, 1.82) is 15.8 Å². The normalized spacial score (nSPS) is 9.38. The van der Waals surface area contributed by atoms with Crippen LogP contribution in [0.15, 0.2) is 30.6 Å². The van der Waals surface area contributed by atoms with Crippen molar-refractivity contribution >= 4 is 0 Å². The molecule has 6 nitrogen and oxygen atoms in total. The van der Waals surface area contributed by atoms with Crippen LogP contribution in [0.4, 0.5) is 0 Å². The van der Waals surface area contributed by atoms with Crippen molar-refractivity contribution in [3.8, 4) is 24.0 Å². The summed E-state index contributed by atoms with van der Waals surface area (Å²) in [6.45, 7) is 1.02. The Hall–Kier alpha value is -3.30. The summed E-state index contributed by atoms with van der Waals surface area (Å²) in [5.41, 5.74) is 1.00. The largest absolute Gasteiger partial charge is 0.494 e. The van der Waals surface area contributed by atoms with Crippen molar-refractivity contribution in [3.05, 3.63) is 47.5 Å². The highest BCUT2D eigenvalue weighted by molar-refractivity contribution is 5.36. The van der Waals surface area contributed by atoms with Gasteiger partial charge in [0, 0.05) is 6.54 Å². The van der Waals surface area contributed by atoms with Crippen LogP contribution in [-0.4, -0.2) is 16.2 Å². The fourth-order valence-corrected chi connectivity index (χ4v) is 1.80. The predicted molar refractivity (Wildman–Crippen MR) is 72.9 cm³/mol. The van der Waals surface area contributed by atoms with Crippen LogP contribution in [0.3, 0.4) is 0 Å². The number of imidazole rings is 1. The number of hydrogen-bond acceptors (Lipinski definition) is 5. The molecule has 0 N–H and O–H groups in total. The van der Waals surface area contributed by atoms with Gasteiger partial charge >= 0.3 is 0 Å². The highest BCUT2D eigenvalue weighted by Crippen LogP contribution is 2.12. The zero-order chi connectivity index (χ0) is 15.1. The highest BCUT2D eigenvalue weighted by atomic mass is 16.5. The quantitative estimate of drug-likeness (QED) is 0.778. The van der Waals surface area contributed by atoms with Gasteiger partial charge in [-0.15, -0.1) is 0 Å². The fraction of sp³-hybridized carbons (Fsp3) is 0.200. The third-order valence-corrected chi connectivity index (χ3v) is 2.85. The Kier molecular flexibility index (Phi) is 4.54. The number of nitriles is 3. The van der Waals surface area contributed by atoms with E-state index >= 15 is 0 Å². The molecule has 0 atom stereocenters. The summed E-state index contributed by atoms with van der Waals surface area (Å²) in [5, 5.41) is 26.5. The van der Waals surface area contributed by atoms with Crippen molar-refractivity contribution in [2.45, 2.75) is 13.0 Å². The molecule has 0 saturated carbocycles. The van der Waals surface area contributed by atoms with E-state index in [1.165, 1.54) is 6.33 Å². The van der Waals surface area contributed by atoms with Crippen LogP contribution in [-0.2, 0) is 6.54 Å². The second kappa shape index (κ2) is 6.75. The summed E-state index contributed by atoms with van der Waals surface area (Å²) in [7, 11) is 0. The molecule has 0 radical (unpaired) electrons. The first-order valence-electron chi connectivity index (χ1n) is 6.26. The standard InChI is InChI=1S/C15H11N5O/c16-8-12-2-4-13(5-3-12)21-7-1-6-20-11-19-14(9-17)15(20)10-18/h2-5,11H,1,6-7H2. The predicted octanol–water partition coefficient (Wildman–Crippen LogP) is 1.97. The molecule has 1 heterocycles. The van der Waals surface area contributed by atoms with Gasteiger partial charge in [0.1, 0.15) is 17.9 Å². The molecule has 6 heteroatoms. The molecule has 0 unspecified atom stereocenters. The number of hydrogen-bond donors (Lipinski definition) is 0. The van der Waals surface area contributed by atoms with Gasteiger partial charge in [-0.25, -0.2) is 4.98 Å². The van der Waals surface area contributed by atoms with Crippen LogP contribution < -0.4 is 4.74 Å². The minimum Gasteiger partial charge on any atom is -0.494 e. The smallest absolute Gasteiger partial charge is 0.176 e. The topological polar surface area (TPSA) is 98.4 Å². The van der Waals surface area contributed by atoms with Gasteiger partial charge in [-0.05, 0) is 30.7 Å². The second-order valence-electron chi connectivity index (χ2n) is 4.20. The lowest BCUT2D eigenvalue weighted by atomic mass is 10.2. The van der Waals surface area contributed by atoms with Gasteiger partial charge in [-0.2, -0.15) is 15.8 Å². The summed E-state index contributed by atoms with van der Waals surface area (Å²) in [6, 6.07) is 12.8. The van der Waals surface area contributed by atoms with Gasteiger partial charge in [0.25, 0.3) is 0 Å². The van der Waals surface area contributed by atoms with Gasteiger partial charge in [0.15, 0.2) is 11.4 Å². The lowest BCUT2D eigenvalue weighted by Crippen LogP contribution is -2.05. The van der Waals surface area contributed by atoms with Crippen molar-refractivity contribution in [2.24, 2.45) is 0 Å². The molecular formula is C15H11N5O. The van der Waals surface area contributed by atoms with Crippen molar-refractivity contribution < 1.29 is 4.74 Å². The first-order valence-corrected chi connectivity index (χ1v) is 6.26. The Balaban J connectivity index is 1.85. The molecule has 0 aliphatic carbocycles. The third-order valence-electron chi connectivity index (χ3n) is 2.85. The average Bonchev–Trinajstić information content (AvgIpc) is 2.94. The van der Waals surface area contributed by atoms with Crippen LogP contribution in [0.2, 0.25) is 0 Å². The highest BCUT2D eigenvalue weighted by Gasteiger charge is 2.09. The number of rotatable bonds is 5. The van der Waals surface area contributed by atoms with E-state index in [4.69, 9.17) is 20.5 Å². The molecule has 0 amide bonds. The number of ether oxygens (including phenoxy) is 1. The van der Waals surface area contributed by atoms with E-state index in [1.807, 2.05) is 18.2 Å². The maximum Gasteiger partial charge on any atom is 0.176 e. The molecule has 0 aliphatic heterocycles. The summed E-state index contributed by atoms with van der Waals surface area (Å²) in [6.07, 6.45) is 2.16. The maximum atomic E-state index is 8.98. The maximum absolute atomic E-state index is 8.98. The van der Waals surface area contributed by atoms with Crippen molar-refractivity contribution in [3.63, 3.8) is 0 Å². The van der Waals surface area contributed by atoms with Gasteiger partial charge < -0.3 is 9.30 Å². The van der Waals surface area contributed by atoms with E-state index < -0.39 is 0 Å². The van der Waals surface area contributed by atoms with Crippen LogP contribution >= 0.6 is 0 Å². The van der Waals surface area contributed by atoms with E-state index in [9.17, 15) is 0 Å². The molecule has 2 rings (SSSR count). The van der Waals surface area contributed by atoms with Gasteiger partial charge in [0.2, 0.25) is 0 Å².